The Labute approximate surface area is 85.5 Å². The molecule has 1 aromatic rings. The Balaban J connectivity index is 2.60. The number of aromatic carboxylic acids is 1. The summed E-state index contributed by atoms with van der Waals surface area (Å²) in [7, 11) is 0. The zero-order valence-electron chi connectivity index (χ0n) is 7.49. The van der Waals surface area contributed by atoms with Crippen molar-refractivity contribution in [3.05, 3.63) is 22.9 Å². The number of carboxylic acids is 1. The first-order chi connectivity index (χ1) is 6.70. The summed E-state index contributed by atoms with van der Waals surface area (Å²) in [5, 5.41) is 8.99. The number of carbonyl (C=O) groups is 1. The Morgan fingerprint density at radius 2 is 2.43 bits per heavy atom. The van der Waals surface area contributed by atoms with Crippen LogP contribution < -0.4 is 5.73 Å². The molecule has 0 atom stereocenters. The van der Waals surface area contributed by atoms with E-state index >= 15 is 0 Å². The lowest BCUT2D eigenvalue weighted by Crippen LogP contribution is -2.14. The van der Waals surface area contributed by atoms with Crippen molar-refractivity contribution in [1.29, 1.82) is 0 Å². The van der Waals surface area contributed by atoms with E-state index in [4.69, 9.17) is 10.8 Å². The maximum atomic E-state index is 11.0. The van der Waals surface area contributed by atoms with Crippen LogP contribution in [0.1, 0.15) is 21.5 Å². The first-order valence-corrected chi connectivity index (χ1v) is 5.43. The summed E-state index contributed by atoms with van der Waals surface area (Å²) >= 11 is 1.79. The third-order valence-electron chi connectivity index (χ3n) is 2.27. The summed E-state index contributed by atoms with van der Waals surface area (Å²) in [4.78, 5) is 14.9. The monoisotopic (exact) mass is 210 g/mol. The molecule has 0 aromatic carbocycles. The lowest BCUT2D eigenvalue weighted by Gasteiger charge is -2.17. The summed E-state index contributed by atoms with van der Waals surface area (Å²) in [5.74, 6) is 0.946. The molecule has 4 nitrogen and oxygen atoms in total. The zero-order chi connectivity index (χ0) is 10.1. The van der Waals surface area contributed by atoms with E-state index in [1.54, 1.807) is 18.0 Å². The van der Waals surface area contributed by atoms with Crippen molar-refractivity contribution < 1.29 is 9.90 Å². The van der Waals surface area contributed by atoms with E-state index in [0.717, 1.165) is 29.1 Å². The maximum Gasteiger partial charge on any atom is 0.339 e. The van der Waals surface area contributed by atoms with Gasteiger partial charge in [0.25, 0.3) is 0 Å². The highest BCUT2D eigenvalue weighted by Gasteiger charge is 2.20. The van der Waals surface area contributed by atoms with Crippen LogP contribution in [0, 0.1) is 0 Å². The number of aromatic nitrogens is 1. The molecule has 1 aromatic heterocycles. The van der Waals surface area contributed by atoms with Gasteiger partial charge in [0.1, 0.15) is 11.4 Å². The van der Waals surface area contributed by atoms with E-state index in [1.165, 1.54) is 0 Å². The molecule has 1 aliphatic heterocycles. The number of nitrogens with two attached hydrogens (primary N) is 1. The first-order valence-electron chi connectivity index (χ1n) is 4.27. The number of fused-ring (bicyclic) bond motifs is 1. The predicted octanol–water partition coefficient (Wildman–Crippen LogP) is 1.15. The molecule has 0 amide bonds. The van der Waals surface area contributed by atoms with Crippen LogP contribution in [-0.2, 0) is 12.2 Å². The third kappa shape index (κ3) is 1.43. The molecule has 0 saturated carbocycles. The summed E-state index contributed by atoms with van der Waals surface area (Å²) in [6.45, 7) is 0. The van der Waals surface area contributed by atoms with Crippen LogP contribution in [0.2, 0.25) is 0 Å². The van der Waals surface area contributed by atoms with Crippen LogP contribution in [0.3, 0.4) is 0 Å². The number of pyridine rings is 1. The molecular weight excluding hydrogens is 200 g/mol. The van der Waals surface area contributed by atoms with Crippen molar-refractivity contribution in [1.82, 2.24) is 4.98 Å². The molecule has 2 heterocycles. The van der Waals surface area contributed by atoms with Crippen LogP contribution in [0.25, 0.3) is 0 Å². The Hall–Kier alpha value is -1.23. The second-order valence-corrected chi connectivity index (χ2v) is 4.24. The molecule has 3 N–H and O–H groups in total. The number of carboxylic acid groups (broad SMARTS) is 1. The molecule has 1 aliphatic rings. The third-order valence-corrected chi connectivity index (χ3v) is 3.28. The summed E-state index contributed by atoms with van der Waals surface area (Å²) in [5.41, 5.74) is 7.62. The molecule has 0 spiro atoms. The molecule has 0 unspecified atom stereocenters. The summed E-state index contributed by atoms with van der Waals surface area (Å²) in [6, 6.07) is 0. The van der Waals surface area contributed by atoms with E-state index in [-0.39, 0.29) is 11.4 Å². The number of nitrogen functional groups attached to an aromatic ring is 1. The minimum Gasteiger partial charge on any atom is -0.478 e. The number of hydrogen-bond acceptors (Lipinski definition) is 4. The predicted molar refractivity (Wildman–Crippen MR) is 55.5 cm³/mol. The highest BCUT2D eigenvalue weighted by molar-refractivity contribution is 7.98. The average molecular weight is 210 g/mol. The smallest absolute Gasteiger partial charge is 0.339 e. The second-order valence-electron chi connectivity index (χ2n) is 3.13. The number of hydrogen-bond donors (Lipinski definition) is 2. The maximum absolute atomic E-state index is 11.0. The van der Waals surface area contributed by atoms with Crippen LogP contribution in [-0.4, -0.2) is 21.8 Å². The van der Waals surface area contributed by atoms with Crippen LogP contribution in [0.15, 0.2) is 6.20 Å². The lowest BCUT2D eigenvalue weighted by molar-refractivity contribution is 0.0696. The quantitative estimate of drug-likeness (QED) is 0.727. The Bertz CT molecular complexity index is 393. The van der Waals surface area contributed by atoms with E-state index in [0.29, 0.717) is 0 Å². The molecule has 0 radical (unpaired) electrons. The summed E-state index contributed by atoms with van der Waals surface area (Å²) in [6.07, 6.45) is 2.46. The minimum atomic E-state index is -0.973. The average Bonchev–Trinajstić information content (AvgIpc) is 2.17. The molecule has 0 saturated heterocycles. The molecule has 5 heteroatoms. The first kappa shape index (κ1) is 9.33. The normalized spacial score (nSPS) is 14.9. The van der Waals surface area contributed by atoms with Crippen molar-refractivity contribution in [2.24, 2.45) is 0 Å². The van der Waals surface area contributed by atoms with Gasteiger partial charge in [0.05, 0.1) is 0 Å². The van der Waals surface area contributed by atoms with Crippen molar-refractivity contribution in [3.63, 3.8) is 0 Å². The molecule has 2 rings (SSSR count). The highest BCUT2D eigenvalue weighted by atomic mass is 32.2. The summed E-state index contributed by atoms with van der Waals surface area (Å²) < 4.78 is 0. The Morgan fingerprint density at radius 3 is 3.14 bits per heavy atom. The van der Waals surface area contributed by atoms with Gasteiger partial charge in [-0.15, -0.1) is 0 Å². The van der Waals surface area contributed by atoms with Crippen molar-refractivity contribution in [3.8, 4) is 0 Å². The van der Waals surface area contributed by atoms with Gasteiger partial charge in [-0.3, -0.25) is 0 Å². The van der Waals surface area contributed by atoms with E-state index in [1.807, 2.05) is 0 Å². The Kier molecular flexibility index (Phi) is 2.33. The SMILES string of the molecule is Nc1ncc2c(c1C(=O)O)CCSC2. The molecule has 0 fully saturated rings. The fraction of sp³-hybridized carbons (Fsp3) is 0.333. The van der Waals surface area contributed by atoms with E-state index in [2.05, 4.69) is 4.98 Å². The van der Waals surface area contributed by atoms with Gasteiger partial charge in [-0.2, -0.15) is 11.8 Å². The standard InChI is InChI=1S/C9H10N2O2S/c10-8-7(9(12)13)6-1-2-14-4-5(6)3-11-8/h3H,1-2,4H2,(H2,10,11)(H,12,13). The van der Waals surface area contributed by atoms with Crippen molar-refractivity contribution >= 4 is 23.5 Å². The molecular formula is C9H10N2O2S. The van der Waals surface area contributed by atoms with Crippen molar-refractivity contribution in [2.75, 3.05) is 11.5 Å². The number of thioether (sulfide) groups is 1. The van der Waals surface area contributed by atoms with Gasteiger partial charge in [0.2, 0.25) is 0 Å². The van der Waals surface area contributed by atoms with E-state index < -0.39 is 5.97 Å². The molecule has 14 heavy (non-hydrogen) atoms. The largest absolute Gasteiger partial charge is 0.478 e. The highest BCUT2D eigenvalue weighted by Crippen LogP contribution is 2.28. The zero-order valence-corrected chi connectivity index (χ0v) is 8.30. The molecule has 74 valence electrons. The topological polar surface area (TPSA) is 76.2 Å². The van der Waals surface area contributed by atoms with Crippen LogP contribution in [0.5, 0.6) is 0 Å². The van der Waals surface area contributed by atoms with Crippen molar-refractivity contribution in [2.45, 2.75) is 12.2 Å². The van der Waals surface area contributed by atoms with Gasteiger partial charge in [-0.05, 0) is 23.3 Å². The molecule has 0 aliphatic carbocycles. The number of nitrogens with zero attached hydrogens (tertiary/aromatic N) is 1. The number of anilines is 1. The minimum absolute atomic E-state index is 0.128. The van der Waals surface area contributed by atoms with Gasteiger partial charge < -0.3 is 10.8 Å². The fourth-order valence-corrected chi connectivity index (χ4v) is 2.57. The number of rotatable bonds is 1. The van der Waals surface area contributed by atoms with Gasteiger partial charge in [0.15, 0.2) is 0 Å². The van der Waals surface area contributed by atoms with Gasteiger partial charge in [-0.1, -0.05) is 0 Å². The molecule has 0 bridgehead atoms. The van der Waals surface area contributed by atoms with Gasteiger partial charge >= 0.3 is 5.97 Å². The lowest BCUT2D eigenvalue weighted by atomic mass is 10.0. The van der Waals surface area contributed by atoms with Gasteiger partial charge in [0, 0.05) is 11.9 Å². The van der Waals surface area contributed by atoms with Gasteiger partial charge in [-0.25, -0.2) is 9.78 Å². The van der Waals surface area contributed by atoms with Crippen LogP contribution >= 0.6 is 11.8 Å². The Morgan fingerprint density at radius 1 is 1.64 bits per heavy atom. The van der Waals surface area contributed by atoms with E-state index in [9.17, 15) is 4.79 Å². The fourth-order valence-electron chi connectivity index (χ4n) is 1.61. The van der Waals surface area contributed by atoms with Crippen LogP contribution in [0.4, 0.5) is 5.82 Å². The second kappa shape index (κ2) is 3.49.